The highest BCUT2D eigenvalue weighted by molar-refractivity contribution is 7.16. The summed E-state index contributed by atoms with van der Waals surface area (Å²) in [4.78, 5) is 28.6. The summed E-state index contributed by atoms with van der Waals surface area (Å²) in [5, 5.41) is 20.7. The molecule has 0 unspecified atom stereocenters. The molecule has 1 saturated heterocycles. The van der Waals surface area contributed by atoms with Crippen molar-refractivity contribution in [3.63, 3.8) is 0 Å². The number of amides is 2. The lowest BCUT2D eigenvalue weighted by Crippen LogP contribution is -2.48. The van der Waals surface area contributed by atoms with E-state index in [2.05, 4.69) is 16.0 Å². The number of rotatable bonds is 12. The van der Waals surface area contributed by atoms with Gasteiger partial charge in [0.2, 0.25) is 5.91 Å². The Hall–Kier alpha value is -2.91. The van der Waals surface area contributed by atoms with Crippen molar-refractivity contribution in [2.24, 2.45) is 0 Å². The average molecular weight is 541 g/mol. The number of nitrogens with one attached hydrogen (secondary N) is 3. The van der Waals surface area contributed by atoms with Crippen LogP contribution in [0.15, 0.2) is 60.7 Å². The molecule has 3 aromatic rings. The summed E-state index contributed by atoms with van der Waals surface area (Å²) in [6.07, 6.45) is 0.978. The summed E-state index contributed by atoms with van der Waals surface area (Å²) in [5.41, 5.74) is 2.95. The van der Waals surface area contributed by atoms with E-state index >= 15 is 0 Å². The lowest BCUT2D eigenvalue weighted by Gasteiger charge is -2.25. The Bertz CT molecular complexity index is 1200. The third-order valence-electron chi connectivity index (χ3n) is 6.31. The minimum atomic E-state index is -0.823. The molecule has 9 heteroatoms. The van der Waals surface area contributed by atoms with Gasteiger partial charge in [-0.3, -0.25) is 9.59 Å². The fourth-order valence-corrected chi connectivity index (χ4v) is 5.52. The number of halogens is 1. The van der Waals surface area contributed by atoms with Crippen LogP contribution in [0.2, 0.25) is 4.34 Å². The number of hydrogen-bond donors (Lipinski definition) is 4. The molecule has 0 radical (unpaired) electrons. The minimum absolute atomic E-state index is 0.0653. The Morgan fingerprint density at radius 2 is 1.97 bits per heavy atom. The molecule has 0 spiro atoms. The van der Waals surface area contributed by atoms with E-state index in [0.29, 0.717) is 50.3 Å². The molecule has 0 aliphatic carbocycles. The molecule has 7 nitrogen and oxygen atoms in total. The van der Waals surface area contributed by atoms with Crippen molar-refractivity contribution in [3.05, 3.63) is 81.0 Å². The lowest BCUT2D eigenvalue weighted by atomic mass is 10.00. The van der Waals surface area contributed by atoms with E-state index in [1.165, 1.54) is 11.3 Å². The first-order valence-corrected chi connectivity index (χ1v) is 13.8. The normalized spacial score (nSPS) is 15.0. The molecule has 2 aromatic carbocycles. The number of nitrogens with zero attached hydrogens (tertiary/aromatic N) is 1. The number of aliphatic hydroxyl groups is 1. The van der Waals surface area contributed by atoms with Crippen molar-refractivity contribution in [3.8, 4) is 0 Å². The molecule has 4 N–H and O–H groups in total. The van der Waals surface area contributed by atoms with Gasteiger partial charge in [-0.05, 0) is 55.7 Å². The van der Waals surface area contributed by atoms with Crippen molar-refractivity contribution >= 4 is 46.1 Å². The van der Waals surface area contributed by atoms with E-state index in [4.69, 9.17) is 11.6 Å². The summed E-state index contributed by atoms with van der Waals surface area (Å²) in [7, 11) is 0. The first-order valence-electron chi connectivity index (χ1n) is 12.6. The van der Waals surface area contributed by atoms with Gasteiger partial charge in [0.15, 0.2) is 0 Å². The highest BCUT2D eigenvalue weighted by Crippen LogP contribution is 2.27. The second-order valence-electron chi connectivity index (χ2n) is 9.12. The molecular formula is C28H33ClN4O3S. The molecule has 1 aliphatic rings. The SMILES string of the molecule is CCNc1cc(C(=O)N[C@@H](Cc2ccccc2)[C@H](O)CNCc2ccc(Cl)s2)cc(N2CCCC2=O)c1. The number of hydrogen-bond acceptors (Lipinski definition) is 6. The molecule has 2 amide bonds. The Labute approximate surface area is 226 Å². The Morgan fingerprint density at radius 1 is 1.16 bits per heavy atom. The van der Waals surface area contributed by atoms with E-state index in [-0.39, 0.29) is 11.8 Å². The van der Waals surface area contributed by atoms with Gasteiger partial charge >= 0.3 is 0 Å². The van der Waals surface area contributed by atoms with E-state index < -0.39 is 12.1 Å². The maximum atomic E-state index is 13.5. The molecule has 0 bridgehead atoms. The van der Waals surface area contributed by atoms with Crippen LogP contribution in [-0.4, -0.2) is 48.7 Å². The third-order valence-corrected chi connectivity index (χ3v) is 7.54. The number of thiophene rings is 1. The van der Waals surface area contributed by atoms with E-state index in [0.717, 1.165) is 26.9 Å². The molecule has 196 valence electrons. The van der Waals surface area contributed by atoms with Crippen molar-refractivity contribution in [2.45, 2.75) is 44.9 Å². The molecule has 1 aliphatic heterocycles. The number of carbonyl (C=O) groups is 2. The first kappa shape index (κ1) is 27.1. The van der Waals surface area contributed by atoms with Crippen LogP contribution in [-0.2, 0) is 17.8 Å². The van der Waals surface area contributed by atoms with Crippen LogP contribution in [0.25, 0.3) is 0 Å². The van der Waals surface area contributed by atoms with Gasteiger partial charge in [-0.1, -0.05) is 41.9 Å². The summed E-state index contributed by atoms with van der Waals surface area (Å²) in [5.74, 6) is -0.229. The van der Waals surface area contributed by atoms with E-state index in [9.17, 15) is 14.7 Å². The molecular weight excluding hydrogens is 508 g/mol. The topological polar surface area (TPSA) is 93.7 Å². The predicted molar refractivity (Wildman–Crippen MR) is 151 cm³/mol. The van der Waals surface area contributed by atoms with Crippen LogP contribution in [0.4, 0.5) is 11.4 Å². The largest absolute Gasteiger partial charge is 0.390 e. The van der Waals surface area contributed by atoms with Gasteiger partial charge < -0.3 is 26.0 Å². The zero-order valence-corrected chi connectivity index (χ0v) is 22.4. The van der Waals surface area contributed by atoms with E-state index in [1.807, 2.05) is 55.5 Å². The second kappa shape index (κ2) is 13.1. The standard InChI is InChI=1S/C28H33ClN4O3S/c1-2-31-21-14-20(15-22(16-21)33-12-6-9-27(33)35)28(36)32-24(13-19-7-4-3-5-8-19)25(34)18-30-17-23-10-11-26(29)37-23/h3-5,7-8,10-11,14-16,24-25,30-31,34H,2,6,9,12-13,17-18H2,1H3,(H,32,36)/t24-,25+/m0/s1. The summed E-state index contributed by atoms with van der Waals surface area (Å²) in [6, 6.07) is 18.5. The number of carbonyl (C=O) groups excluding carboxylic acids is 2. The summed E-state index contributed by atoms with van der Waals surface area (Å²) in [6.45, 7) is 4.20. The fourth-order valence-electron chi connectivity index (χ4n) is 4.46. The van der Waals surface area contributed by atoms with Crippen LogP contribution in [0, 0.1) is 0 Å². The summed E-state index contributed by atoms with van der Waals surface area (Å²) >= 11 is 7.51. The Balaban J connectivity index is 1.50. The van der Waals surface area contributed by atoms with Crippen LogP contribution < -0.4 is 20.9 Å². The Morgan fingerprint density at radius 3 is 2.65 bits per heavy atom. The second-order valence-corrected chi connectivity index (χ2v) is 10.9. The third kappa shape index (κ3) is 7.55. The molecule has 2 atom stereocenters. The van der Waals surface area contributed by atoms with Crippen molar-refractivity contribution in [2.75, 3.05) is 29.9 Å². The Kier molecular flexibility index (Phi) is 9.57. The number of aliphatic hydroxyl groups excluding tert-OH is 1. The average Bonchev–Trinajstić information content (AvgIpc) is 3.51. The minimum Gasteiger partial charge on any atom is -0.390 e. The van der Waals surface area contributed by atoms with E-state index in [1.54, 1.807) is 17.0 Å². The smallest absolute Gasteiger partial charge is 0.251 e. The quantitative estimate of drug-likeness (QED) is 0.272. The van der Waals surface area contributed by atoms with Gasteiger partial charge in [-0.25, -0.2) is 0 Å². The van der Waals surface area contributed by atoms with Gasteiger partial charge in [-0.15, -0.1) is 11.3 Å². The maximum absolute atomic E-state index is 13.5. The number of benzene rings is 2. The summed E-state index contributed by atoms with van der Waals surface area (Å²) < 4.78 is 0.723. The van der Waals surface area contributed by atoms with Crippen molar-refractivity contribution in [1.82, 2.24) is 10.6 Å². The van der Waals surface area contributed by atoms with Crippen LogP contribution in [0.5, 0.6) is 0 Å². The highest BCUT2D eigenvalue weighted by atomic mass is 35.5. The van der Waals surface area contributed by atoms with Crippen molar-refractivity contribution in [1.29, 1.82) is 0 Å². The molecule has 2 heterocycles. The van der Waals surface area contributed by atoms with Gasteiger partial charge in [0, 0.05) is 54.4 Å². The monoisotopic (exact) mass is 540 g/mol. The van der Waals surface area contributed by atoms with Gasteiger partial charge in [0.25, 0.3) is 5.91 Å². The zero-order chi connectivity index (χ0) is 26.2. The lowest BCUT2D eigenvalue weighted by molar-refractivity contribution is -0.117. The zero-order valence-electron chi connectivity index (χ0n) is 20.9. The van der Waals surface area contributed by atoms with Crippen molar-refractivity contribution < 1.29 is 14.7 Å². The highest BCUT2D eigenvalue weighted by Gasteiger charge is 2.25. The molecule has 0 saturated carbocycles. The van der Waals surface area contributed by atoms with Crippen LogP contribution >= 0.6 is 22.9 Å². The first-order chi connectivity index (χ1) is 17.9. The maximum Gasteiger partial charge on any atom is 0.251 e. The molecule has 1 fully saturated rings. The number of anilines is 2. The van der Waals surface area contributed by atoms with Crippen LogP contribution in [0.1, 0.15) is 40.6 Å². The molecule has 1 aromatic heterocycles. The molecule has 4 rings (SSSR count). The predicted octanol–water partition coefficient (Wildman–Crippen LogP) is 4.45. The van der Waals surface area contributed by atoms with Gasteiger partial charge in [-0.2, -0.15) is 0 Å². The van der Waals surface area contributed by atoms with Gasteiger partial charge in [0.05, 0.1) is 16.5 Å². The molecule has 37 heavy (non-hydrogen) atoms. The van der Waals surface area contributed by atoms with Crippen LogP contribution in [0.3, 0.4) is 0 Å². The van der Waals surface area contributed by atoms with Gasteiger partial charge in [0.1, 0.15) is 0 Å². The fraction of sp³-hybridized carbons (Fsp3) is 0.357.